The molecule has 7 heteroatoms. The van der Waals surface area contributed by atoms with Crippen molar-refractivity contribution >= 4 is 17.7 Å². The average molecular weight is 288 g/mol. The van der Waals surface area contributed by atoms with Crippen molar-refractivity contribution in [3.8, 4) is 0 Å². The van der Waals surface area contributed by atoms with Crippen LogP contribution in [0.15, 0.2) is 30.6 Å². The molecule has 110 valence electrons. The molecule has 0 spiro atoms. The molecule has 0 atom stereocenters. The number of amides is 2. The molecule has 1 heterocycles. The number of H-pyrrole nitrogens is 1. The number of aromatic carboxylic acids is 1. The maximum atomic E-state index is 11.8. The van der Waals surface area contributed by atoms with Gasteiger partial charge in [-0.3, -0.25) is 0 Å². The second-order valence-electron chi connectivity index (χ2n) is 4.47. The van der Waals surface area contributed by atoms with Crippen LogP contribution in [0.4, 0.5) is 10.5 Å². The van der Waals surface area contributed by atoms with Crippen molar-refractivity contribution in [2.45, 2.75) is 13.3 Å². The van der Waals surface area contributed by atoms with E-state index in [1.165, 1.54) is 0 Å². The summed E-state index contributed by atoms with van der Waals surface area (Å²) in [5, 5.41) is 14.4. The zero-order valence-electron chi connectivity index (χ0n) is 11.5. The highest BCUT2D eigenvalue weighted by molar-refractivity contribution is 6.01. The van der Waals surface area contributed by atoms with Gasteiger partial charge in [-0.2, -0.15) is 0 Å². The second kappa shape index (κ2) is 6.56. The largest absolute Gasteiger partial charge is 0.478 e. The summed E-state index contributed by atoms with van der Waals surface area (Å²) >= 11 is 0. The number of aromatic nitrogens is 2. The third-order valence-electron chi connectivity index (χ3n) is 2.94. The Balaban J connectivity index is 1.93. The molecule has 7 nitrogen and oxygen atoms in total. The first-order valence-electron chi connectivity index (χ1n) is 6.44. The number of hydrogen-bond acceptors (Lipinski definition) is 3. The minimum absolute atomic E-state index is 0.0960. The number of urea groups is 1. The predicted octanol–water partition coefficient (Wildman–Crippen LogP) is 1.78. The molecule has 21 heavy (non-hydrogen) atoms. The summed E-state index contributed by atoms with van der Waals surface area (Å²) in [6, 6.07) is 4.49. The molecule has 0 fully saturated rings. The van der Waals surface area contributed by atoms with Gasteiger partial charge in [0, 0.05) is 25.4 Å². The number of imidazole rings is 1. The highest BCUT2D eigenvalue weighted by Crippen LogP contribution is 2.19. The fraction of sp³-hybridized carbons (Fsp3) is 0.214. The molecule has 0 bridgehead atoms. The Labute approximate surface area is 121 Å². The number of anilines is 1. The van der Waals surface area contributed by atoms with E-state index in [0.29, 0.717) is 18.5 Å². The second-order valence-corrected chi connectivity index (χ2v) is 4.47. The van der Waals surface area contributed by atoms with Gasteiger partial charge in [-0.15, -0.1) is 0 Å². The monoisotopic (exact) mass is 288 g/mol. The van der Waals surface area contributed by atoms with E-state index in [1.54, 1.807) is 37.5 Å². The first kappa shape index (κ1) is 14.6. The Bertz CT molecular complexity index is 638. The Hall–Kier alpha value is -2.83. The number of aryl methyl sites for hydroxylation is 1. The average Bonchev–Trinajstić information content (AvgIpc) is 2.91. The summed E-state index contributed by atoms with van der Waals surface area (Å²) in [5.41, 5.74) is 0.965. The molecule has 2 aromatic rings. The van der Waals surface area contributed by atoms with E-state index in [-0.39, 0.29) is 11.3 Å². The van der Waals surface area contributed by atoms with Gasteiger partial charge in [0.15, 0.2) is 0 Å². The normalized spacial score (nSPS) is 10.1. The van der Waals surface area contributed by atoms with E-state index in [9.17, 15) is 14.7 Å². The Kier molecular flexibility index (Phi) is 4.55. The molecule has 0 aliphatic carbocycles. The lowest BCUT2D eigenvalue weighted by Gasteiger charge is -2.11. The molecule has 0 unspecified atom stereocenters. The fourth-order valence-corrected chi connectivity index (χ4v) is 1.95. The van der Waals surface area contributed by atoms with Gasteiger partial charge in [0.1, 0.15) is 5.82 Å². The SMILES string of the molecule is Cc1cccc(NC(=O)NCCc2ncc[nH]2)c1C(=O)O. The van der Waals surface area contributed by atoms with Gasteiger partial charge in [-0.25, -0.2) is 14.6 Å². The minimum atomic E-state index is -1.07. The van der Waals surface area contributed by atoms with Crippen LogP contribution in [0.25, 0.3) is 0 Å². The van der Waals surface area contributed by atoms with E-state index in [2.05, 4.69) is 20.6 Å². The van der Waals surface area contributed by atoms with Crippen molar-refractivity contribution < 1.29 is 14.7 Å². The molecule has 0 radical (unpaired) electrons. The highest BCUT2D eigenvalue weighted by atomic mass is 16.4. The number of aromatic amines is 1. The standard InChI is InChI=1S/C14H16N4O3/c1-9-3-2-4-10(12(9)13(19)20)18-14(21)17-6-5-11-15-7-8-16-11/h2-4,7-8H,5-6H2,1H3,(H,15,16)(H,19,20)(H2,17,18,21). The van der Waals surface area contributed by atoms with E-state index >= 15 is 0 Å². The summed E-state index contributed by atoms with van der Waals surface area (Å²) in [6.07, 6.45) is 3.92. The third kappa shape index (κ3) is 3.82. The summed E-state index contributed by atoms with van der Waals surface area (Å²) in [4.78, 5) is 30.0. The first-order chi connectivity index (χ1) is 10.1. The lowest BCUT2D eigenvalue weighted by molar-refractivity contribution is 0.0697. The molecule has 2 rings (SSSR count). The first-order valence-corrected chi connectivity index (χ1v) is 6.44. The van der Waals surface area contributed by atoms with Crippen LogP contribution in [-0.2, 0) is 6.42 Å². The zero-order chi connectivity index (χ0) is 15.2. The number of carboxylic acids is 1. The van der Waals surface area contributed by atoms with Gasteiger partial charge >= 0.3 is 12.0 Å². The molecule has 0 saturated carbocycles. The molecule has 4 N–H and O–H groups in total. The molecular formula is C14H16N4O3. The smallest absolute Gasteiger partial charge is 0.338 e. The summed E-state index contributed by atoms with van der Waals surface area (Å²) in [5.74, 6) is -0.295. The fourth-order valence-electron chi connectivity index (χ4n) is 1.95. The van der Waals surface area contributed by atoms with Crippen molar-refractivity contribution in [2.24, 2.45) is 0 Å². The number of carbonyl (C=O) groups is 2. The lowest BCUT2D eigenvalue weighted by Crippen LogP contribution is -2.31. The van der Waals surface area contributed by atoms with Crippen molar-refractivity contribution in [3.05, 3.63) is 47.5 Å². The topological polar surface area (TPSA) is 107 Å². The van der Waals surface area contributed by atoms with Crippen LogP contribution in [0.3, 0.4) is 0 Å². The van der Waals surface area contributed by atoms with Crippen molar-refractivity contribution in [1.82, 2.24) is 15.3 Å². The number of carboxylic acid groups (broad SMARTS) is 1. The van der Waals surface area contributed by atoms with Crippen molar-refractivity contribution in [1.29, 1.82) is 0 Å². The maximum absolute atomic E-state index is 11.8. The molecule has 0 aliphatic heterocycles. The van der Waals surface area contributed by atoms with Crippen LogP contribution in [-0.4, -0.2) is 33.6 Å². The zero-order valence-corrected chi connectivity index (χ0v) is 11.5. The van der Waals surface area contributed by atoms with Crippen LogP contribution >= 0.6 is 0 Å². The van der Waals surface area contributed by atoms with Crippen LogP contribution in [0.2, 0.25) is 0 Å². The van der Waals surface area contributed by atoms with Gasteiger partial charge in [0.25, 0.3) is 0 Å². The van der Waals surface area contributed by atoms with Crippen LogP contribution in [0.5, 0.6) is 0 Å². The maximum Gasteiger partial charge on any atom is 0.338 e. The van der Waals surface area contributed by atoms with Gasteiger partial charge in [0.2, 0.25) is 0 Å². The van der Waals surface area contributed by atoms with Gasteiger partial charge < -0.3 is 20.7 Å². The van der Waals surface area contributed by atoms with Crippen molar-refractivity contribution in [3.63, 3.8) is 0 Å². The van der Waals surface area contributed by atoms with Crippen LogP contribution < -0.4 is 10.6 Å². The summed E-state index contributed by atoms with van der Waals surface area (Å²) < 4.78 is 0. The molecule has 1 aromatic heterocycles. The van der Waals surface area contributed by atoms with E-state index < -0.39 is 12.0 Å². The number of nitrogens with zero attached hydrogens (tertiary/aromatic N) is 1. The number of nitrogens with one attached hydrogen (secondary N) is 3. The highest BCUT2D eigenvalue weighted by Gasteiger charge is 2.14. The Morgan fingerprint density at radius 3 is 2.86 bits per heavy atom. The molecule has 2 amide bonds. The number of benzene rings is 1. The van der Waals surface area contributed by atoms with E-state index in [0.717, 1.165) is 5.82 Å². The third-order valence-corrected chi connectivity index (χ3v) is 2.94. The van der Waals surface area contributed by atoms with E-state index in [1.807, 2.05) is 0 Å². The number of hydrogen-bond donors (Lipinski definition) is 4. The Morgan fingerprint density at radius 2 is 2.19 bits per heavy atom. The molecule has 0 aliphatic rings. The Morgan fingerprint density at radius 1 is 1.38 bits per heavy atom. The minimum Gasteiger partial charge on any atom is -0.478 e. The van der Waals surface area contributed by atoms with Gasteiger partial charge in [-0.1, -0.05) is 12.1 Å². The lowest BCUT2D eigenvalue weighted by atomic mass is 10.1. The number of rotatable bonds is 5. The summed E-state index contributed by atoms with van der Waals surface area (Å²) in [7, 11) is 0. The van der Waals surface area contributed by atoms with Gasteiger partial charge in [0.05, 0.1) is 11.3 Å². The van der Waals surface area contributed by atoms with Crippen LogP contribution in [0, 0.1) is 6.92 Å². The summed E-state index contributed by atoms with van der Waals surface area (Å²) in [6.45, 7) is 2.08. The van der Waals surface area contributed by atoms with Gasteiger partial charge in [-0.05, 0) is 18.6 Å². The quantitative estimate of drug-likeness (QED) is 0.672. The van der Waals surface area contributed by atoms with E-state index in [4.69, 9.17) is 0 Å². The predicted molar refractivity (Wildman–Crippen MR) is 77.5 cm³/mol. The molecular weight excluding hydrogens is 272 g/mol. The number of carbonyl (C=O) groups excluding carboxylic acids is 1. The molecule has 1 aromatic carbocycles. The molecule has 0 saturated heterocycles. The van der Waals surface area contributed by atoms with Crippen LogP contribution in [0.1, 0.15) is 21.7 Å². The van der Waals surface area contributed by atoms with Crippen molar-refractivity contribution in [2.75, 3.05) is 11.9 Å².